The van der Waals surface area contributed by atoms with E-state index in [1.54, 1.807) is 18.5 Å². The molecule has 0 radical (unpaired) electrons. The van der Waals surface area contributed by atoms with Gasteiger partial charge in [0.25, 0.3) is 0 Å². The molecule has 0 amide bonds. The highest BCUT2D eigenvalue weighted by atomic mass is 35.5. The summed E-state index contributed by atoms with van der Waals surface area (Å²) in [7, 11) is 0. The first-order chi connectivity index (χ1) is 14.9. The van der Waals surface area contributed by atoms with Gasteiger partial charge in [-0.2, -0.15) is 18.4 Å². The molecule has 4 rings (SSSR count). The number of nitrogens with zero attached hydrogens (tertiary/aromatic N) is 3. The molecule has 0 unspecified atom stereocenters. The van der Waals surface area contributed by atoms with E-state index in [0.29, 0.717) is 18.5 Å². The predicted octanol–water partition coefficient (Wildman–Crippen LogP) is 6.50. The molecule has 0 aliphatic heterocycles. The van der Waals surface area contributed by atoms with Crippen LogP contribution in [0.25, 0.3) is 11.1 Å². The Morgan fingerprint density at radius 2 is 1.38 bits per heavy atom. The van der Waals surface area contributed by atoms with E-state index in [2.05, 4.69) is 15.6 Å². The zero-order valence-corrected chi connectivity index (χ0v) is 17.7. The summed E-state index contributed by atoms with van der Waals surface area (Å²) in [5.41, 5.74) is 4.79. The second-order valence-electron chi connectivity index (χ2n) is 7.27. The van der Waals surface area contributed by atoms with Crippen LogP contribution in [0.1, 0.15) is 27.9 Å². The summed E-state index contributed by atoms with van der Waals surface area (Å²) in [5, 5.41) is 8.92. The molecule has 0 aliphatic carbocycles. The molecule has 0 spiro atoms. The smallest absolute Gasteiger partial charge is 0.330 e. The van der Waals surface area contributed by atoms with Crippen molar-refractivity contribution < 1.29 is 13.2 Å². The number of rotatable bonds is 5. The first-order valence-electron chi connectivity index (χ1n) is 9.67. The molecule has 1 aromatic heterocycles. The van der Waals surface area contributed by atoms with Crippen LogP contribution in [0.5, 0.6) is 0 Å². The molecule has 0 saturated heterocycles. The maximum Gasteiger partial charge on any atom is 0.416 e. The van der Waals surface area contributed by atoms with Gasteiger partial charge in [0.1, 0.15) is 0 Å². The zero-order valence-electron chi connectivity index (χ0n) is 16.9. The van der Waals surface area contributed by atoms with Gasteiger partial charge in [-0.25, -0.2) is 4.98 Å². The Hall–Kier alpha value is -3.56. The molecule has 32 heavy (non-hydrogen) atoms. The number of nitriles is 1. The van der Waals surface area contributed by atoms with E-state index >= 15 is 0 Å². The third kappa shape index (κ3) is 5.37. The Balaban J connectivity index is 0.00000289. The molecule has 1 heterocycles. The summed E-state index contributed by atoms with van der Waals surface area (Å²) in [6.07, 6.45) is -0.0183. The Bertz CT molecular complexity index is 1200. The van der Waals surface area contributed by atoms with Crippen LogP contribution in [0.2, 0.25) is 0 Å². The van der Waals surface area contributed by atoms with E-state index in [9.17, 15) is 13.2 Å². The van der Waals surface area contributed by atoms with Crippen molar-refractivity contribution in [2.75, 3.05) is 0 Å². The second kappa shape index (κ2) is 9.71. The quantitative estimate of drug-likeness (QED) is 0.346. The maximum atomic E-state index is 12.7. The Morgan fingerprint density at radius 1 is 0.812 bits per heavy atom. The highest BCUT2D eigenvalue weighted by molar-refractivity contribution is 5.85. The fourth-order valence-corrected chi connectivity index (χ4v) is 3.39. The highest BCUT2D eigenvalue weighted by Gasteiger charge is 2.29. The van der Waals surface area contributed by atoms with Crippen LogP contribution < -0.4 is 0 Å². The number of aromatic nitrogens is 2. The molecule has 0 N–H and O–H groups in total. The van der Waals surface area contributed by atoms with Crippen LogP contribution in [0.3, 0.4) is 0 Å². The van der Waals surface area contributed by atoms with Gasteiger partial charge in [0.15, 0.2) is 0 Å². The average molecular weight is 454 g/mol. The van der Waals surface area contributed by atoms with Crippen molar-refractivity contribution in [2.24, 2.45) is 0 Å². The van der Waals surface area contributed by atoms with Crippen LogP contribution in [-0.4, -0.2) is 9.55 Å². The molecular formula is C25H19ClF3N3. The molecule has 3 nitrogen and oxygen atoms in total. The minimum atomic E-state index is -4.33. The summed E-state index contributed by atoms with van der Waals surface area (Å²) in [5.74, 6) is 0. The van der Waals surface area contributed by atoms with Crippen molar-refractivity contribution >= 4 is 12.4 Å². The molecule has 4 aromatic rings. The molecule has 0 atom stereocenters. The van der Waals surface area contributed by atoms with Crippen molar-refractivity contribution in [2.45, 2.75) is 19.1 Å². The minimum Gasteiger partial charge on any atom is -0.330 e. The Morgan fingerprint density at radius 3 is 1.94 bits per heavy atom. The maximum absolute atomic E-state index is 12.7. The van der Waals surface area contributed by atoms with Gasteiger partial charge in [0.2, 0.25) is 0 Å². The molecule has 0 bridgehead atoms. The lowest BCUT2D eigenvalue weighted by Gasteiger charge is -2.10. The van der Waals surface area contributed by atoms with Crippen LogP contribution >= 0.6 is 12.4 Å². The van der Waals surface area contributed by atoms with Crippen molar-refractivity contribution in [3.8, 4) is 17.2 Å². The molecule has 7 heteroatoms. The topological polar surface area (TPSA) is 41.6 Å². The molecule has 0 fully saturated rings. The average Bonchev–Trinajstić information content (AvgIpc) is 3.21. The summed E-state index contributed by atoms with van der Waals surface area (Å²) in [6, 6.07) is 22.5. The SMILES string of the molecule is Cl.N#Cc1ccc(Cc2cncn2Cc2ccc(-c3ccc(C(F)(F)F)cc3)cc2)cc1. The van der Waals surface area contributed by atoms with Crippen molar-refractivity contribution in [3.05, 3.63) is 113 Å². The molecular weight excluding hydrogens is 435 g/mol. The highest BCUT2D eigenvalue weighted by Crippen LogP contribution is 2.31. The van der Waals surface area contributed by atoms with Crippen LogP contribution in [-0.2, 0) is 19.1 Å². The lowest BCUT2D eigenvalue weighted by atomic mass is 10.0. The largest absolute Gasteiger partial charge is 0.416 e. The third-order valence-electron chi connectivity index (χ3n) is 5.12. The normalized spacial score (nSPS) is 10.9. The van der Waals surface area contributed by atoms with Gasteiger partial charge >= 0.3 is 6.18 Å². The first-order valence-corrected chi connectivity index (χ1v) is 9.67. The number of benzene rings is 3. The molecule has 162 valence electrons. The summed E-state index contributed by atoms with van der Waals surface area (Å²) < 4.78 is 40.3. The summed E-state index contributed by atoms with van der Waals surface area (Å²) in [6.45, 7) is 0.638. The standard InChI is InChI=1S/C25H18F3N3.ClH/c26-25(27,28)23-11-9-22(10-12-23)21-7-5-20(6-8-21)16-31-17-30-15-24(31)13-18-1-3-19(14-29)4-2-18;/h1-12,15,17H,13,16H2;1H. The number of hydrogen-bond acceptors (Lipinski definition) is 2. The monoisotopic (exact) mass is 453 g/mol. The number of imidazole rings is 1. The lowest BCUT2D eigenvalue weighted by molar-refractivity contribution is -0.137. The van der Waals surface area contributed by atoms with Gasteiger partial charge in [0, 0.05) is 24.9 Å². The lowest BCUT2D eigenvalue weighted by Crippen LogP contribution is -2.04. The van der Waals surface area contributed by atoms with Crippen LogP contribution in [0.15, 0.2) is 85.3 Å². The van der Waals surface area contributed by atoms with E-state index in [4.69, 9.17) is 5.26 Å². The minimum absolute atomic E-state index is 0. The van der Waals surface area contributed by atoms with Gasteiger partial charge in [-0.15, -0.1) is 12.4 Å². The Labute approximate surface area is 190 Å². The molecule has 0 aliphatic rings. The van der Waals surface area contributed by atoms with Gasteiger partial charge in [0.05, 0.1) is 23.5 Å². The summed E-state index contributed by atoms with van der Waals surface area (Å²) >= 11 is 0. The van der Waals surface area contributed by atoms with Crippen LogP contribution in [0, 0.1) is 11.3 Å². The van der Waals surface area contributed by atoms with E-state index < -0.39 is 11.7 Å². The van der Waals surface area contributed by atoms with Gasteiger partial charge < -0.3 is 4.57 Å². The van der Waals surface area contributed by atoms with E-state index in [0.717, 1.165) is 40.1 Å². The number of hydrogen-bond donors (Lipinski definition) is 0. The van der Waals surface area contributed by atoms with E-state index in [-0.39, 0.29) is 12.4 Å². The number of alkyl halides is 3. The molecule has 0 saturated carbocycles. The number of halogens is 4. The van der Waals surface area contributed by atoms with E-state index in [1.165, 1.54) is 12.1 Å². The Kier molecular flexibility index (Phi) is 7.01. The van der Waals surface area contributed by atoms with Crippen molar-refractivity contribution in [1.82, 2.24) is 9.55 Å². The van der Waals surface area contributed by atoms with Crippen LogP contribution in [0.4, 0.5) is 13.2 Å². The first kappa shape index (κ1) is 23.1. The van der Waals surface area contributed by atoms with E-state index in [1.807, 2.05) is 42.6 Å². The predicted molar refractivity (Wildman–Crippen MR) is 119 cm³/mol. The fraction of sp³-hybridized carbons (Fsp3) is 0.120. The van der Waals surface area contributed by atoms with Crippen molar-refractivity contribution in [1.29, 1.82) is 5.26 Å². The van der Waals surface area contributed by atoms with Gasteiger partial charge in [-0.3, -0.25) is 0 Å². The van der Waals surface area contributed by atoms with Gasteiger partial charge in [-0.05, 0) is 46.5 Å². The van der Waals surface area contributed by atoms with Crippen molar-refractivity contribution in [3.63, 3.8) is 0 Å². The van der Waals surface area contributed by atoms with Gasteiger partial charge in [-0.1, -0.05) is 48.5 Å². The fourth-order valence-electron chi connectivity index (χ4n) is 3.39. The third-order valence-corrected chi connectivity index (χ3v) is 5.12. The second-order valence-corrected chi connectivity index (χ2v) is 7.27. The summed E-state index contributed by atoms with van der Waals surface area (Å²) in [4.78, 5) is 4.26. The molecule has 3 aromatic carbocycles. The zero-order chi connectivity index (χ0) is 21.8.